The Balaban J connectivity index is 0.709. The molecule has 0 N–H and O–H groups in total. The van der Waals surface area contributed by atoms with E-state index in [2.05, 4.69) is 358 Å². The van der Waals surface area contributed by atoms with Gasteiger partial charge in [0.1, 0.15) is 0 Å². The fraction of sp³-hybridized carbons (Fsp3) is 0. The summed E-state index contributed by atoms with van der Waals surface area (Å²) in [5.41, 5.74) is 25.5. The van der Waals surface area contributed by atoms with E-state index in [0.717, 1.165) is 67.5 Å². The van der Waals surface area contributed by atoms with Crippen LogP contribution in [0.2, 0.25) is 0 Å². The van der Waals surface area contributed by atoms with Gasteiger partial charge in [0.2, 0.25) is 0 Å². The van der Waals surface area contributed by atoms with Crippen LogP contribution in [0.5, 0.6) is 0 Å². The van der Waals surface area contributed by atoms with Gasteiger partial charge in [0.05, 0.1) is 33.1 Å². The Kier molecular flexibility index (Phi) is 12.2. The van der Waals surface area contributed by atoms with Crippen LogP contribution in [0, 0.1) is 0 Å². The molecule has 0 spiro atoms. The molecule has 0 unspecified atom stereocenters. The smallest absolute Gasteiger partial charge is 0.0541 e. The molecular formula is C84H56N4. The Hall–Kier alpha value is -11.7. The Bertz CT molecular complexity index is 5100. The molecule has 17 aromatic rings. The normalized spacial score (nSPS) is 11.6. The largest absolute Gasteiger partial charge is 0.311 e. The third kappa shape index (κ3) is 8.69. The van der Waals surface area contributed by atoms with Gasteiger partial charge < -0.3 is 18.6 Å². The highest BCUT2D eigenvalue weighted by atomic mass is 15.1. The highest BCUT2D eigenvalue weighted by Crippen LogP contribution is 2.41. The van der Waals surface area contributed by atoms with Crippen LogP contribution in [0.3, 0.4) is 0 Å². The van der Waals surface area contributed by atoms with Crippen LogP contribution in [-0.2, 0) is 0 Å². The predicted molar refractivity (Wildman–Crippen MR) is 371 cm³/mol. The zero-order chi connectivity index (χ0) is 58.1. The number of benzene rings is 14. The first-order valence-electron chi connectivity index (χ1n) is 30.2. The highest BCUT2D eigenvalue weighted by Gasteiger charge is 2.19. The molecule has 0 saturated carbocycles. The summed E-state index contributed by atoms with van der Waals surface area (Å²) >= 11 is 0. The second-order valence-electron chi connectivity index (χ2n) is 22.9. The maximum absolute atomic E-state index is 2.39. The predicted octanol–water partition coefficient (Wildman–Crippen LogP) is 22.8. The number of hydrogen-bond acceptors (Lipinski definition) is 1. The maximum atomic E-state index is 2.39. The number of rotatable bonds is 11. The topological polar surface area (TPSA) is 18.0 Å². The molecule has 88 heavy (non-hydrogen) atoms. The van der Waals surface area contributed by atoms with Crippen LogP contribution < -0.4 is 4.90 Å². The van der Waals surface area contributed by atoms with Crippen molar-refractivity contribution in [3.8, 4) is 72.7 Å². The van der Waals surface area contributed by atoms with Gasteiger partial charge in [-0.3, -0.25) is 0 Å². The summed E-state index contributed by atoms with van der Waals surface area (Å²) in [5, 5.41) is 7.55. The van der Waals surface area contributed by atoms with E-state index in [9.17, 15) is 0 Å². The summed E-state index contributed by atoms with van der Waals surface area (Å²) in [5.74, 6) is 0. The van der Waals surface area contributed by atoms with Crippen molar-refractivity contribution >= 4 is 82.5 Å². The summed E-state index contributed by atoms with van der Waals surface area (Å²) in [6.45, 7) is 0. The molecule has 0 aliphatic rings. The summed E-state index contributed by atoms with van der Waals surface area (Å²) in [7, 11) is 0. The van der Waals surface area contributed by atoms with E-state index >= 15 is 0 Å². The average molecular weight is 1120 g/mol. The first kappa shape index (κ1) is 50.8. The van der Waals surface area contributed by atoms with Gasteiger partial charge in [0.15, 0.2) is 0 Å². The lowest BCUT2D eigenvalue weighted by molar-refractivity contribution is 1.18. The summed E-state index contributed by atoms with van der Waals surface area (Å²) < 4.78 is 7.17. The molecule has 4 heteroatoms. The molecule has 4 nitrogen and oxygen atoms in total. The minimum Gasteiger partial charge on any atom is -0.311 e. The van der Waals surface area contributed by atoms with Gasteiger partial charge in [-0.2, -0.15) is 0 Å². The molecular weight excluding hydrogens is 1060 g/mol. The zero-order valence-corrected chi connectivity index (χ0v) is 48.1. The number of aromatic nitrogens is 3. The molecule has 0 amide bonds. The van der Waals surface area contributed by atoms with Crippen LogP contribution in [0.15, 0.2) is 340 Å². The van der Waals surface area contributed by atoms with Crippen molar-refractivity contribution in [3.63, 3.8) is 0 Å². The van der Waals surface area contributed by atoms with E-state index in [0.29, 0.717) is 0 Å². The molecule has 0 aliphatic carbocycles. The van der Waals surface area contributed by atoms with Gasteiger partial charge in [0.25, 0.3) is 0 Å². The van der Waals surface area contributed by atoms with Crippen molar-refractivity contribution in [2.75, 3.05) is 4.90 Å². The monoisotopic (exact) mass is 1120 g/mol. The van der Waals surface area contributed by atoms with E-state index in [1.54, 1.807) is 0 Å². The SMILES string of the molecule is c1cc(-c2ccc(N(c3ccc(-c4cccc(-c5cccc(-n6c7ccccc7c7ccccc76)c5)c4)cc3)c3ccc(-c4cccc(-n5c6ccccc6c6ccccc65)c4)cc3)cc2)cc(-c2cccc(-n3c4ccccc4c4ccccc43)c2)c1. The Labute approximate surface area is 510 Å². The fourth-order valence-electron chi connectivity index (χ4n) is 13.7. The average Bonchev–Trinajstić information content (AvgIpc) is 3.09. The van der Waals surface area contributed by atoms with E-state index in [-0.39, 0.29) is 0 Å². The molecule has 0 bridgehead atoms. The number of para-hydroxylation sites is 6. The summed E-state index contributed by atoms with van der Waals surface area (Å²) in [4.78, 5) is 2.37. The van der Waals surface area contributed by atoms with Crippen molar-refractivity contribution in [2.24, 2.45) is 0 Å². The van der Waals surface area contributed by atoms with Gasteiger partial charge in [0, 0.05) is 66.4 Å². The maximum Gasteiger partial charge on any atom is 0.0541 e. The van der Waals surface area contributed by atoms with Crippen molar-refractivity contribution < 1.29 is 0 Å². The van der Waals surface area contributed by atoms with Crippen LogP contribution >= 0.6 is 0 Å². The van der Waals surface area contributed by atoms with Gasteiger partial charge in [-0.25, -0.2) is 0 Å². The van der Waals surface area contributed by atoms with E-state index in [1.807, 2.05) is 0 Å². The summed E-state index contributed by atoms with van der Waals surface area (Å²) in [6, 6.07) is 124. The number of nitrogens with zero attached hydrogens (tertiary/aromatic N) is 4. The second kappa shape index (κ2) is 21.1. The molecule has 0 radical (unpaired) electrons. The molecule has 0 fully saturated rings. The molecule has 0 saturated heterocycles. The van der Waals surface area contributed by atoms with Crippen molar-refractivity contribution in [2.45, 2.75) is 0 Å². The number of anilines is 3. The molecule has 0 atom stereocenters. The first-order chi connectivity index (χ1) is 43.6. The van der Waals surface area contributed by atoms with E-state index in [1.165, 1.54) is 87.7 Å². The lowest BCUT2D eigenvalue weighted by atomic mass is 9.98. The van der Waals surface area contributed by atoms with E-state index < -0.39 is 0 Å². The third-order valence-corrected chi connectivity index (χ3v) is 17.8. The quantitative estimate of drug-likeness (QED) is 0.126. The van der Waals surface area contributed by atoms with Crippen molar-refractivity contribution in [3.05, 3.63) is 340 Å². The van der Waals surface area contributed by atoms with Crippen LogP contribution in [0.25, 0.3) is 138 Å². The van der Waals surface area contributed by atoms with E-state index in [4.69, 9.17) is 0 Å². The molecule has 17 rings (SSSR count). The van der Waals surface area contributed by atoms with Crippen LogP contribution in [0.4, 0.5) is 17.1 Å². The number of fused-ring (bicyclic) bond motifs is 9. The molecule has 14 aromatic carbocycles. The van der Waals surface area contributed by atoms with Crippen LogP contribution in [-0.4, -0.2) is 13.7 Å². The lowest BCUT2D eigenvalue weighted by Gasteiger charge is -2.26. The molecule has 3 heterocycles. The zero-order valence-electron chi connectivity index (χ0n) is 48.1. The highest BCUT2D eigenvalue weighted by molar-refractivity contribution is 6.11. The van der Waals surface area contributed by atoms with Gasteiger partial charge in [-0.05, 0) is 177 Å². The minimum absolute atomic E-state index is 1.07. The Morgan fingerprint density at radius 3 is 0.625 bits per heavy atom. The van der Waals surface area contributed by atoms with Gasteiger partial charge in [-0.15, -0.1) is 0 Å². The Morgan fingerprint density at radius 1 is 0.159 bits per heavy atom. The third-order valence-electron chi connectivity index (χ3n) is 17.8. The number of hydrogen-bond donors (Lipinski definition) is 0. The Morgan fingerprint density at radius 2 is 0.364 bits per heavy atom. The van der Waals surface area contributed by atoms with Gasteiger partial charge >= 0.3 is 0 Å². The fourth-order valence-corrected chi connectivity index (χ4v) is 13.7. The minimum atomic E-state index is 1.07. The standard InChI is InChI=1S/C84H56N4/c1-7-34-79-73(28-1)74-29-2-8-35-80(74)86(79)70-25-15-22-64(54-70)59-44-50-69(51-45-59)85(67-46-40-57(41-47-67)60-18-13-20-62(52-60)65-23-16-26-71(55-65)87-81-36-9-3-30-75(81)76-31-4-10-37-82(76)87)68-48-42-58(43-49-68)61-19-14-21-63(53-61)66-24-17-27-72(56-66)88-83-38-11-5-32-77(83)78-33-6-12-39-84(78)88/h1-56H. The lowest BCUT2D eigenvalue weighted by Crippen LogP contribution is -2.09. The second-order valence-corrected chi connectivity index (χ2v) is 22.9. The first-order valence-corrected chi connectivity index (χ1v) is 30.2. The molecule has 0 aliphatic heterocycles. The van der Waals surface area contributed by atoms with Crippen LogP contribution in [0.1, 0.15) is 0 Å². The van der Waals surface area contributed by atoms with Crippen molar-refractivity contribution in [1.29, 1.82) is 0 Å². The van der Waals surface area contributed by atoms with Gasteiger partial charge in [-0.1, -0.05) is 218 Å². The summed E-state index contributed by atoms with van der Waals surface area (Å²) in [6.07, 6.45) is 0. The molecule has 412 valence electrons. The molecule has 3 aromatic heterocycles. The van der Waals surface area contributed by atoms with Crippen molar-refractivity contribution in [1.82, 2.24) is 13.7 Å².